The summed E-state index contributed by atoms with van der Waals surface area (Å²) in [5.74, 6) is 9.37. The van der Waals surface area contributed by atoms with Gasteiger partial charge in [0, 0.05) is 35.8 Å². The van der Waals surface area contributed by atoms with Crippen molar-refractivity contribution in [2.24, 2.45) is 34.4 Å². The van der Waals surface area contributed by atoms with Gasteiger partial charge in [0.05, 0.1) is 30.4 Å². The Balaban J connectivity index is 1.19. The van der Waals surface area contributed by atoms with Crippen LogP contribution in [-0.4, -0.2) is 46.8 Å². The van der Waals surface area contributed by atoms with Gasteiger partial charge in [0.15, 0.2) is 23.2 Å². The number of allylic oxidation sites excluding steroid dienone is 4. The van der Waals surface area contributed by atoms with Gasteiger partial charge < -0.3 is 30.7 Å². The molecule has 6 aliphatic carbocycles. The lowest BCUT2D eigenvalue weighted by Gasteiger charge is -2.50. The molecule has 4 fully saturated rings. The summed E-state index contributed by atoms with van der Waals surface area (Å²) in [4.78, 5) is 19.0. The van der Waals surface area contributed by atoms with Crippen molar-refractivity contribution in [2.75, 3.05) is 6.61 Å². The number of nitrogens with two attached hydrogens (primary N) is 1. The maximum atomic E-state index is 13.5. The number of carbonyl (C=O) groups is 1. The van der Waals surface area contributed by atoms with Crippen LogP contribution < -0.4 is 15.8 Å². The first-order chi connectivity index (χ1) is 34.1. The zero-order valence-electron chi connectivity index (χ0n) is 42.2. The lowest BCUT2D eigenvalue weighted by Crippen LogP contribution is -2.50. The second-order valence-corrected chi connectivity index (χ2v) is 22.7. The lowest BCUT2D eigenvalue weighted by atomic mass is 9.55. The summed E-state index contributed by atoms with van der Waals surface area (Å²) in [5, 5.41) is 28.7. The van der Waals surface area contributed by atoms with Crippen LogP contribution in [0.25, 0.3) is 0 Å². The van der Waals surface area contributed by atoms with E-state index in [-0.39, 0.29) is 64.9 Å². The standard InChI is InChI=1S/C62H79N3O5/c1-3-4-7-19-48(66)26-25-43-38-57(70-51-22-10-11-23-51)60(68)59-52(43)24-15-18-47-35-45-37-54-53(29-40(2)30-55(54)58(59)56(45)39-69-50-20-8-5-9-21-50)44-32-42(34-49(67)36-44)31-41-16-14-17-46(33-41)62(65-61(63)64-47)27-12-6-13-28-62/h7,14,16-17,19,32-34,36-38,40,45,47,50-51,53,55-56,58,67-68H,3-6,8-13,18,20-23,25-31,35,39H2,1-2H3,(H3,63,64,65)/b19-7+/t40-,45-,47-,53-,55-,56+,58+/m0/s1. The van der Waals surface area contributed by atoms with Crippen LogP contribution in [0.3, 0.4) is 0 Å². The van der Waals surface area contributed by atoms with Crippen LogP contribution in [0.2, 0.25) is 0 Å². The van der Waals surface area contributed by atoms with Crippen molar-refractivity contribution in [3.63, 3.8) is 0 Å². The molecule has 1 spiro atoms. The third-order valence-corrected chi connectivity index (χ3v) is 17.5. The van der Waals surface area contributed by atoms with Gasteiger partial charge in [0.1, 0.15) is 5.75 Å². The fourth-order valence-electron chi connectivity index (χ4n) is 14.2. The predicted molar refractivity (Wildman–Crippen MR) is 280 cm³/mol. The summed E-state index contributed by atoms with van der Waals surface area (Å²) < 4.78 is 14.1. The number of ketones is 1. The molecule has 0 radical (unpaired) electrons. The van der Waals surface area contributed by atoms with Crippen molar-refractivity contribution in [2.45, 2.75) is 197 Å². The molecule has 4 saturated carbocycles. The van der Waals surface area contributed by atoms with Crippen LogP contribution in [0.15, 0.2) is 77.3 Å². The minimum absolute atomic E-state index is 0.000709. The minimum atomic E-state index is -0.346. The summed E-state index contributed by atoms with van der Waals surface area (Å²) in [6.45, 7) is 5.08. The monoisotopic (exact) mass is 946 g/mol. The maximum Gasteiger partial charge on any atom is 0.189 e. The molecular weight excluding hydrogens is 867 g/mol. The second-order valence-electron chi connectivity index (χ2n) is 22.7. The molecule has 3 aromatic rings. The normalized spacial score (nSPS) is 27.7. The average Bonchev–Trinajstić information content (AvgIpc) is 3.87. The van der Waals surface area contributed by atoms with Crippen molar-refractivity contribution in [3.8, 4) is 29.1 Å². The van der Waals surface area contributed by atoms with Gasteiger partial charge in [-0.15, -0.1) is 0 Å². The molecule has 0 unspecified atom stereocenters. The minimum Gasteiger partial charge on any atom is -0.508 e. The Morgan fingerprint density at radius 1 is 0.929 bits per heavy atom. The Labute approximate surface area is 418 Å². The van der Waals surface area contributed by atoms with Crippen LogP contribution in [0.1, 0.15) is 199 Å². The molecule has 1 aliphatic heterocycles. The molecule has 8 bridgehead atoms. The number of aryl methyl sites for hydroxylation is 1. The molecule has 8 nitrogen and oxygen atoms in total. The van der Waals surface area contributed by atoms with Crippen molar-refractivity contribution in [1.82, 2.24) is 5.32 Å². The number of aromatic hydroxyl groups is 2. The van der Waals surface area contributed by atoms with E-state index in [0.717, 1.165) is 124 Å². The van der Waals surface area contributed by atoms with Crippen molar-refractivity contribution in [3.05, 3.63) is 111 Å². The van der Waals surface area contributed by atoms with Crippen LogP contribution in [-0.2, 0) is 27.9 Å². The van der Waals surface area contributed by atoms with E-state index in [1.807, 2.05) is 24.3 Å². The van der Waals surface area contributed by atoms with Crippen LogP contribution in [0.5, 0.6) is 17.2 Å². The molecular formula is C62H79N3O5. The highest BCUT2D eigenvalue weighted by molar-refractivity contribution is 5.89. The van der Waals surface area contributed by atoms with E-state index >= 15 is 0 Å². The van der Waals surface area contributed by atoms with Crippen molar-refractivity contribution in [1.29, 1.82) is 0 Å². The van der Waals surface area contributed by atoms with Gasteiger partial charge in [0.2, 0.25) is 0 Å². The van der Waals surface area contributed by atoms with E-state index in [1.165, 1.54) is 42.4 Å². The Bertz CT molecular complexity index is 2510. The molecule has 7 aliphatic rings. The van der Waals surface area contributed by atoms with Gasteiger partial charge in [-0.05, 0) is 166 Å². The first-order valence-electron chi connectivity index (χ1n) is 27.7. The Kier molecular flexibility index (Phi) is 15.1. The number of benzene rings is 3. The average molecular weight is 946 g/mol. The molecule has 5 N–H and O–H groups in total. The smallest absolute Gasteiger partial charge is 0.189 e. The number of rotatable bonds is 11. The zero-order chi connectivity index (χ0) is 48.2. The zero-order valence-corrected chi connectivity index (χ0v) is 42.2. The molecule has 0 amide bonds. The van der Waals surface area contributed by atoms with Crippen LogP contribution in [0.4, 0.5) is 0 Å². The fraction of sp³-hybridized carbons (Fsp3) is 0.581. The Hall–Kier alpha value is -5.00. The van der Waals surface area contributed by atoms with E-state index in [0.29, 0.717) is 55.7 Å². The molecule has 0 aromatic heterocycles. The van der Waals surface area contributed by atoms with Gasteiger partial charge in [-0.1, -0.05) is 119 Å². The third kappa shape index (κ3) is 10.8. The van der Waals surface area contributed by atoms with E-state index in [1.54, 1.807) is 6.08 Å². The van der Waals surface area contributed by atoms with Crippen molar-refractivity contribution >= 4 is 11.7 Å². The molecule has 8 heteroatoms. The number of guanidine groups is 1. The highest BCUT2D eigenvalue weighted by Gasteiger charge is 2.49. The van der Waals surface area contributed by atoms with Crippen LogP contribution in [0, 0.1) is 35.5 Å². The number of ether oxygens (including phenoxy) is 2. The fourth-order valence-corrected chi connectivity index (χ4v) is 14.2. The number of nitrogens with zero attached hydrogens (tertiary/aromatic N) is 1. The molecule has 7 atom stereocenters. The summed E-state index contributed by atoms with van der Waals surface area (Å²) >= 11 is 0. The van der Waals surface area contributed by atoms with Crippen LogP contribution >= 0.6 is 0 Å². The van der Waals surface area contributed by atoms with Gasteiger partial charge in [-0.2, -0.15) is 0 Å². The topological polar surface area (TPSA) is 126 Å². The summed E-state index contributed by atoms with van der Waals surface area (Å²) in [5.41, 5.74) is 15.6. The number of phenolic OH excluding ortho intramolecular Hbond substituents is 2. The van der Waals surface area contributed by atoms with E-state index in [9.17, 15) is 15.0 Å². The third-order valence-electron chi connectivity index (χ3n) is 17.5. The number of phenols is 2. The summed E-state index contributed by atoms with van der Waals surface area (Å²) in [6, 6.07) is 17.2. The number of unbranched alkanes of at least 4 members (excludes halogenated alkanes) is 1. The van der Waals surface area contributed by atoms with Gasteiger partial charge >= 0.3 is 0 Å². The van der Waals surface area contributed by atoms with E-state index in [2.05, 4.69) is 67.4 Å². The highest BCUT2D eigenvalue weighted by atomic mass is 16.5. The number of hydrogen-bond donors (Lipinski definition) is 4. The molecule has 0 saturated heterocycles. The summed E-state index contributed by atoms with van der Waals surface area (Å²) in [7, 11) is 0. The largest absolute Gasteiger partial charge is 0.508 e. The quantitative estimate of drug-likeness (QED) is 0.0857. The first-order valence-corrected chi connectivity index (χ1v) is 27.7. The number of aliphatic imine (C=N–C) groups is 1. The van der Waals surface area contributed by atoms with Gasteiger partial charge in [-0.25, -0.2) is 4.99 Å². The molecule has 3 aromatic carbocycles. The maximum absolute atomic E-state index is 13.5. The molecule has 1 heterocycles. The Morgan fingerprint density at radius 2 is 1.71 bits per heavy atom. The molecule has 372 valence electrons. The highest BCUT2D eigenvalue weighted by Crippen LogP contribution is 2.60. The number of fused-ring (bicyclic) bond motifs is 11. The predicted octanol–water partition coefficient (Wildman–Crippen LogP) is 12.9. The van der Waals surface area contributed by atoms with Gasteiger partial charge in [0.25, 0.3) is 0 Å². The number of hydrogen-bond acceptors (Lipinski definition) is 8. The molecule has 70 heavy (non-hydrogen) atoms. The van der Waals surface area contributed by atoms with Gasteiger partial charge in [-0.3, -0.25) is 4.79 Å². The van der Waals surface area contributed by atoms with E-state index < -0.39 is 0 Å². The molecule has 10 rings (SSSR count). The lowest BCUT2D eigenvalue weighted by molar-refractivity contribution is -0.114. The number of carbonyl (C=O) groups excluding carboxylic acids is 1. The number of nitrogens with one attached hydrogen (secondary N) is 1. The van der Waals surface area contributed by atoms with Crippen molar-refractivity contribution < 1.29 is 24.5 Å². The summed E-state index contributed by atoms with van der Waals surface area (Å²) in [6.07, 6.45) is 28.4. The second kappa shape index (κ2) is 21.8. The van der Waals surface area contributed by atoms with E-state index in [4.69, 9.17) is 20.2 Å². The SMILES string of the molecule is CCC/C=C/C(=O)CCc1cc(OC2CCCC2)c(O)c2c1C#CC[C@H]1C[C@H]3C=C4[C@@H](C[C@H](C)C[C@@H]4[C@@H]2[C@@H]3COC2CCCCC2)c2cc(O)cc(c2)Cc2cccc(c2)C2(CCCCC2)NC(N)=N1. The first kappa shape index (κ1) is 48.6. The Morgan fingerprint density at radius 3 is 2.53 bits per heavy atom.